The van der Waals surface area contributed by atoms with Gasteiger partial charge in [0.05, 0.1) is 16.8 Å². The van der Waals surface area contributed by atoms with Crippen molar-refractivity contribution in [3.05, 3.63) is 73.1 Å². The fourth-order valence-corrected chi connectivity index (χ4v) is 5.50. The molecule has 0 amide bonds. The molecule has 2 heterocycles. The number of hydrogen-bond donors (Lipinski definition) is 1. The molecule has 4 rings (SSSR count). The lowest BCUT2D eigenvalue weighted by atomic mass is 9.95. The van der Waals surface area contributed by atoms with Gasteiger partial charge in [0, 0.05) is 25.8 Å². The number of aryl methyl sites for hydroxylation is 2. The van der Waals surface area contributed by atoms with Gasteiger partial charge in [0.1, 0.15) is 0 Å². The number of allylic oxidation sites excluding steroid dienone is 2. The quantitative estimate of drug-likeness (QED) is 0.160. The number of anilines is 1. The molecule has 0 radical (unpaired) electrons. The highest BCUT2D eigenvalue weighted by Crippen LogP contribution is 2.65. The largest absolute Gasteiger partial charge is 0.380 e. The third kappa shape index (κ3) is 3.67. The number of hydrazone groups is 1. The van der Waals surface area contributed by atoms with Gasteiger partial charge in [-0.1, -0.05) is 18.2 Å². The molecular weight excluding hydrogens is 498 g/mol. The number of thiophene rings is 2. The molecule has 3 nitrogen and oxygen atoms in total. The number of carbonyl (C=O) groups excluding carboxylic acids is 1. The van der Waals surface area contributed by atoms with E-state index in [1.54, 1.807) is 30.3 Å². The lowest BCUT2D eigenvalue weighted by molar-refractivity contribution is -0.254. The molecule has 1 N–H and O–H groups in total. The van der Waals surface area contributed by atoms with E-state index >= 15 is 0 Å². The number of alkyl halides is 6. The molecule has 1 aliphatic carbocycles. The molecule has 0 spiro atoms. The van der Waals surface area contributed by atoms with Gasteiger partial charge in [-0.25, -0.2) is 0 Å². The van der Waals surface area contributed by atoms with Crippen LogP contribution in [0.3, 0.4) is 0 Å². The van der Waals surface area contributed by atoms with Crippen molar-refractivity contribution >= 4 is 52.0 Å². The summed E-state index contributed by atoms with van der Waals surface area (Å²) in [6.07, 6.45) is 1.65. The second-order valence-electron chi connectivity index (χ2n) is 7.56. The SMILES string of the molecule is Cc1sc(C=O)cc1C1=C(c2cc(C=NNc3ccccc3)sc2C)C(F)(F)C(F)(F)C1(F)F. The molecule has 0 saturated carbocycles. The summed E-state index contributed by atoms with van der Waals surface area (Å²) in [6, 6.07) is 10.9. The van der Waals surface area contributed by atoms with Gasteiger partial charge < -0.3 is 0 Å². The Morgan fingerprint density at radius 2 is 1.32 bits per heavy atom. The standard InChI is InChI=1S/C23H16F6N2OS2/c1-12-17(8-15(33-12)10-30-31-14-6-4-3-5-7-14)19-20(18-9-16(11-32)34-13(18)2)22(26,27)23(28,29)21(19,24)25/h3-11,31H,1-2H3. The Hall–Kier alpha value is -2.92. The number of carbonyl (C=O) groups is 1. The number of rotatable bonds is 6. The van der Waals surface area contributed by atoms with Crippen LogP contribution in [0.1, 0.15) is 35.4 Å². The molecule has 1 aliphatic rings. The predicted molar refractivity (Wildman–Crippen MR) is 123 cm³/mol. The zero-order valence-electron chi connectivity index (χ0n) is 17.6. The fourth-order valence-electron chi connectivity index (χ4n) is 3.74. The molecule has 11 heteroatoms. The molecule has 34 heavy (non-hydrogen) atoms. The van der Waals surface area contributed by atoms with Gasteiger partial charge in [0.25, 0.3) is 0 Å². The van der Waals surface area contributed by atoms with E-state index < -0.39 is 40.0 Å². The normalized spacial score (nSPS) is 18.6. The Morgan fingerprint density at radius 3 is 1.82 bits per heavy atom. The first-order valence-electron chi connectivity index (χ1n) is 9.81. The minimum Gasteiger partial charge on any atom is -0.297 e. The van der Waals surface area contributed by atoms with Crippen LogP contribution < -0.4 is 5.43 Å². The van der Waals surface area contributed by atoms with Crippen LogP contribution in [0.25, 0.3) is 11.1 Å². The van der Waals surface area contributed by atoms with Crippen LogP contribution in [0.2, 0.25) is 0 Å². The number of benzene rings is 1. The highest BCUT2D eigenvalue weighted by Gasteiger charge is 2.80. The van der Waals surface area contributed by atoms with Crippen molar-refractivity contribution in [2.75, 3.05) is 5.43 Å². The van der Waals surface area contributed by atoms with Gasteiger partial charge >= 0.3 is 17.8 Å². The van der Waals surface area contributed by atoms with Gasteiger partial charge in [0.15, 0.2) is 6.29 Å². The Bertz CT molecular complexity index is 1310. The first-order valence-corrected chi connectivity index (χ1v) is 11.4. The minimum atomic E-state index is -5.65. The maximum atomic E-state index is 15.0. The second-order valence-corrected chi connectivity index (χ2v) is 10.1. The number of aldehydes is 1. The summed E-state index contributed by atoms with van der Waals surface area (Å²) in [5, 5.41) is 3.99. The molecule has 1 aromatic carbocycles. The number of halogens is 6. The van der Waals surface area contributed by atoms with E-state index in [2.05, 4.69) is 10.5 Å². The lowest BCUT2D eigenvalue weighted by Crippen LogP contribution is -2.48. The van der Waals surface area contributed by atoms with Gasteiger partial charge in [0.2, 0.25) is 0 Å². The molecule has 0 aliphatic heterocycles. The summed E-state index contributed by atoms with van der Waals surface area (Å²) in [5.41, 5.74) is -0.427. The average molecular weight is 515 g/mol. The Morgan fingerprint density at radius 1 is 0.824 bits per heavy atom. The number of hydrogen-bond acceptors (Lipinski definition) is 5. The van der Waals surface area contributed by atoms with Crippen LogP contribution >= 0.6 is 22.7 Å². The first kappa shape index (κ1) is 24.2. The van der Waals surface area contributed by atoms with Crippen LogP contribution in [0.4, 0.5) is 32.0 Å². The van der Waals surface area contributed by atoms with Crippen LogP contribution in [0, 0.1) is 13.8 Å². The number of nitrogens with one attached hydrogen (secondary N) is 1. The Balaban J connectivity index is 1.85. The van der Waals surface area contributed by atoms with Crippen LogP contribution in [0.5, 0.6) is 0 Å². The zero-order chi connectivity index (χ0) is 24.9. The molecule has 0 atom stereocenters. The zero-order valence-corrected chi connectivity index (χ0v) is 19.3. The van der Waals surface area contributed by atoms with Crippen LogP contribution in [0.15, 0.2) is 47.6 Å². The van der Waals surface area contributed by atoms with E-state index in [0.717, 1.165) is 34.8 Å². The summed E-state index contributed by atoms with van der Waals surface area (Å²) in [4.78, 5) is 11.6. The monoisotopic (exact) mass is 514 g/mol. The van der Waals surface area contributed by atoms with Crippen molar-refractivity contribution in [3.8, 4) is 0 Å². The van der Waals surface area contributed by atoms with Crippen LogP contribution in [-0.2, 0) is 0 Å². The third-order valence-electron chi connectivity index (χ3n) is 5.35. The minimum absolute atomic E-state index is 0.0319. The fraction of sp³-hybridized carbons (Fsp3) is 0.217. The Kier molecular flexibility index (Phi) is 5.97. The first-order chi connectivity index (χ1) is 15.9. The highest BCUT2D eigenvalue weighted by molar-refractivity contribution is 7.14. The Labute approximate surface area is 198 Å². The van der Waals surface area contributed by atoms with Crippen molar-refractivity contribution in [2.24, 2.45) is 5.10 Å². The topological polar surface area (TPSA) is 41.5 Å². The van der Waals surface area contributed by atoms with E-state index in [1.807, 2.05) is 0 Å². The second kappa shape index (κ2) is 8.38. The average Bonchev–Trinajstić information content (AvgIpc) is 3.36. The molecule has 2 aromatic heterocycles. The van der Waals surface area contributed by atoms with Crippen molar-refractivity contribution < 1.29 is 31.1 Å². The summed E-state index contributed by atoms with van der Waals surface area (Å²) in [6.45, 7) is 2.70. The molecular formula is C23H16F6N2OS2. The van der Waals surface area contributed by atoms with Crippen molar-refractivity contribution in [2.45, 2.75) is 31.6 Å². The molecule has 178 valence electrons. The van der Waals surface area contributed by atoms with E-state index in [9.17, 15) is 31.1 Å². The molecule has 0 fully saturated rings. The maximum absolute atomic E-state index is 15.0. The van der Waals surface area contributed by atoms with Gasteiger partial charge in [-0.3, -0.25) is 10.2 Å². The molecule has 0 saturated heterocycles. The lowest BCUT2D eigenvalue weighted by Gasteiger charge is -2.25. The predicted octanol–water partition coefficient (Wildman–Crippen LogP) is 7.52. The molecule has 0 unspecified atom stereocenters. The van der Waals surface area contributed by atoms with Crippen LogP contribution in [-0.4, -0.2) is 30.3 Å². The van der Waals surface area contributed by atoms with Crippen molar-refractivity contribution in [1.82, 2.24) is 0 Å². The van der Waals surface area contributed by atoms with Crippen molar-refractivity contribution in [1.29, 1.82) is 0 Å². The van der Waals surface area contributed by atoms with Crippen molar-refractivity contribution in [3.63, 3.8) is 0 Å². The number of para-hydroxylation sites is 1. The summed E-state index contributed by atoms with van der Waals surface area (Å²) in [7, 11) is 0. The van der Waals surface area contributed by atoms with E-state index in [1.165, 1.54) is 20.1 Å². The maximum Gasteiger partial charge on any atom is 0.380 e. The van der Waals surface area contributed by atoms with Gasteiger partial charge in [-0.2, -0.15) is 31.4 Å². The smallest absolute Gasteiger partial charge is 0.297 e. The number of nitrogens with zero attached hydrogens (tertiary/aromatic N) is 1. The highest BCUT2D eigenvalue weighted by atomic mass is 32.1. The van der Waals surface area contributed by atoms with Gasteiger partial charge in [-0.05, 0) is 49.2 Å². The third-order valence-corrected chi connectivity index (χ3v) is 7.32. The summed E-state index contributed by atoms with van der Waals surface area (Å²) >= 11 is 1.71. The summed E-state index contributed by atoms with van der Waals surface area (Å²) < 4.78 is 88.8. The van der Waals surface area contributed by atoms with E-state index in [4.69, 9.17) is 0 Å². The summed E-state index contributed by atoms with van der Waals surface area (Å²) in [5.74, 6) is -16.0. The molecule has 3 aromatic rings. The molecule has 0 bridgehead atoms. The van der Waals surface area contributed by atoms with E-state index in [0.29, 0.717) is 16.9 Å². The van der Waals surface area contributed by atoms with E-state index in [-0.39, 0.29) is 14.6 Å². The van der Waals surface area contributed by atoms with Gasteiger partial charge in [-0.15, -0.1) is 22.7 Å².